The topological polar surface area (TPSA) is 0 Å². The number of rotatable bonds is 0. The van der Waals surface area contributed by atoms with Gasteiger partial charge >= 0.3 is 71.6 Å². The van der Waals surface area contributed by atoms with E-state index in [9.17, 15) is 0 Å². The molecule has 2 radical (unpaired) electrons. The molecule has 0 bridgehead atoms. The summed E-state index contributed by atoms with van der Waals surface area (Å²) in [5.41, 5.74) is 0. The second-order valence-electron chi connectivity index (χ2n) is 2.25. The van der Waals surface area contributed by atoms with Crippen molar-refractivity contribution in [2.24, 2.45) is 0 Å². The fourth-order valence-electron chi connectivity index (χ4n) is 0. The first kappa shape index (κ1) is 10.6. The van der Waals surface area contributed by atoms with Gasteiger partial charge in [-0.25, -0.2) is 0 Å². The molecule has 0 aromatic rings. The molecule has 0 saturated heterocycles. The Hall–Kier alpha value is 1.64. The van der Waals surface area contributed by atoms with Crippen molar-refractivity contribution in [2.45, 2.75) is 24.1 Å². The summed E-state index contributed by atoms with van der Waals surface area (Å²) in [5.74, 6) is 0. The van der Waals surface area contributed by atoms with Crippen LogP contribution in [-0.4, -0.2) is 47.4 Å². The predicted molar refractivity (Wildman–Crippen MR) is 35.4 cm³/mol. The van der Waals surface area contributed by atoms with Gasteiger partial charge in [-0.3, -0.25) is 0 Å². The zero-order chi connectivity index (χ0) is 4.50. The maximum atomic E-state index is 2.23. The first-order valence-corrected chi connectivity index (χ1v) is 3.18. The van der Waals surface area contributed by atoms with E-state index in [1.807, 2.05) is 0 Å². The second-order valence-corrected chi connectivity index (χ2v) is 6.53. The predicted octanol–water partition coefficient (Wildman–Crippen LogP) is 0.189. The van der Waals surface area contributed by atoms with Gasteiger partial charge in [0, 0.05) is 0 Å². The van der Waals surface area contributed by atoms with Crippen LogP contribution in [0.15, 0.2) is 0 Å². The van der Waals surface area contributed by atoms with Crippen LogP contribution in [0.25, 0.3) is 0 Å². The van der Waals surface area contributed by atoms with E-state index >= 15 is 0 Å². The molecule has 0 rings (SSSR count). The van der Waals surface area contributed by atoms with Crippen molar-refractivity contribution in [3.63, 3.8) is 0 Å². The third kappa shape index (κ3) is 45.2. The zero-order valence-electron chi connectivity index (χ0n) is 4.58. The standard InChI is InChI=1S/C4H9.2Sb.3H/c1-4(2)3;;;;;/h1-3H3;;;;;. The summed E-state index contributed by atoms with van der Waals surface area (Å²) in [7, 11) is 0. The van der Waals surface area contributed by atoms with Gasteiger partial charge in [0.2, 0.25) is 0 Å². The third-order valence-electron chi connectivity index (χ3n) is 0. The minimum atomic E-state index is 0. The van der Waals surface area contributed by atoms with Gasteiger partial charge in [0.05, 0.1) is 0 Å². The Morgan fingerprint density at radius 1 is 1.17 bits per heavy atom. The average molecular weight is 304 g/mol. The molecule has 0 aliphatic carbocycles. The van der Waals surface area contributed by atoms with Crippen LogP contribution in [0.1, 0.15) is 20.8 Å². The van der Waals surface area contributed by atoms with Crippen molar-refractivity contribution >= 4 is 47.4 Å². The van der Waals surface area contributed by atoms with Gasteiger partial charge < -0.3 is 0 Å². The van der Waals surface area contributed by atoms with Gasteiger partial charge in [-0.2, -0.15) is 0 Å². The van der Waals surface area contributed by atoms with Crippen molar-refractivity contribution in [3.05, 3.63) is 0 Å². The molecule has 0 atom stereocenters. The zero-order valence-corrected chi connectivity index (χ0v) is 10.7. The van der Waals surface area contributed by atoms with Gasteiger partial charge in [0.15, 0.2) is 0 Å². The van der Waals surface area contributed by atoms with Crippen LogP contribution in [0.2, 0.25) is 3.36 Å². The van der Waals surface area contributed by atoms with Crippen molar-refractivity contribution < 1.29 is 0 Å². The van der Waals surface area contributed by atoms with E-state index in [2.05, 4.69) is 20.8 Å². The van der Waals surface area contributed by atoms with Crippen LogP contribution in [-0.2, 0) is 0 Å². The SMILES string of the molecule is C[C](C)(C)[SbH].[SbH2]. The van der Waals surface area contributed by atoms with Crippen LogP contribution in [0.5, 0.6) is 0 Å². The van der Waals surface area contributed by atoms with E-state index in [1.165, 1.54) is 0 Å². The molecular formula is C4H12Sb2. The van der Waals surface area contributed by atoms with Crippen LogP contribution in [0.3, 0.4) is 0 Å². The molecule has 0 unspecified atom stereocenters. The van der Waals surface area contributed by atoms with E-state index in [0.717, 1.165) is 0 Å². The van der Waals surface area contributed by atoms with E-state index in [4.69, 9.17) is 0 Å². The molecular weight excluding hydrogens is 292 g/mol. The summed E-state index contributed by atoms with van der Waals surface area (Å²) in [6.07, 6.45) is 0. The van der Waals surface area contributed by atoms with E-state index < -0.39 is 0 Å². The Labute approximate surface area is 71.0 Å². The van der Waals surface area contributed by atoms with Gasteiger partial charge in [-0.15, -0.1) is 0 Å². The molecule has 0 heterocycles. The quantitative estimate of drug-likeness (QED) is 0.561. The van der Waals surface area contributed by atoms with Gasteiger partial charge in [-0.1, -0.05) is 0 Å². The summed E-state index contributed by atoms with van der Waals surface area (Å²) in [6, 6.07) is 0. The molecule has 0 aliphatic rings. The second kappa shape index (κ2) is 3.62. The summed E-state index contributed by atoms with van der Waals surface area (Å²) < 4.78 is 0.590. The summed E-state index contributed by atoms with van der Waals surface area (Å²) >= 11 is 1.62. The van der Waals surface area contributed by atoms with Crippen molar-refractivity contribution in [1.29, 1.82) is 0 Å². The molecule has 0 aromatic heterocycles. The third-order valence-corrected chi connectivity index (χ3v) is 0. The summed E-state index contributed by atoms with van der Waals surface area (Å²) in [5, 5.41) is 0. The molecule has 0 N–H and O–H groups in total. The Balaban J connectivity index is 0. The molecule has 38 valence electrons. The molecule has 6 heavy (non-hydrogen) atoms. The van der Waals surface area contributed by atoms with Gasteiger partial charge in [0.1, 0.15) is 0 Å². The Morgan fingerprint density at radius 2 is 1.17 bits per heavy atom. The summed E-state index contributed by atoms with van der Waals surface area (Å²) in [4.78, 5) is 0. The fourth-order valence-corrected chi connectivity index (χ4v) is 0. The molecule has 0 aromatic carbocycles. The first-order chi connectivity index (χ1) is 2.00. The van der Waals surface area contributed by atoms with Crippen LogP contribution >= 0.6 is 0 Å². The molecule has 0 nitrogen and oxygen atoms in total. The molecule has 0 saturated carbocycles. The molecule has 0 amide bonds. The van der Waals surface area contributed by atoms with Crippen LogP contribution in [0.4, 0.5) is 0 Å². The van der Waals surface area contributed by atoms with E-state index in [-0.39, 0.29) is 24.4 Å². The Kier molecular flexibility index (Phi) is 6.38. The first-order valence-electron chi connectivity index (χ1n) is 1.75. The van der Waals surface area contributed by atoms with E-state index in [0.29, 0.717) is 3.36 Å². The van der Waals surface area contributed by atoms with Crippen molar-refractivity contribution in [2.75, 3.05) is 0 Å². The Morgan fingerprint density at radius 3 is 1.17 bits per heavy atom. The van der Waals surface area contributed by atoms with Gasteiger partial charge in [0.25, 0.3) is 0 Å². The molecule has 0 fully saturated rings. The molecule has 0 aliphatic heterocycles. The normalized spacial score (nSPS) is 10.0. The van der Waals surface area contributed by atoms with E-state index in [1.54, 1.807) is 23.0 Å². The maximum absolute atomic E-state index is 2.23. The molecule has 0 spiro atoms. The Bertz CT molecular complexity index is 21.0. The average Bonchev–Trinajstić information content (AvgIpc) is 0.722. The van der Waals surface area contributed by atoms with Crippen molar-refractivity contribution in [3.8, 4) is 0 Å². The van der Waals surface area contributed by atoms with Crippen molar-refractivity contribution in [1.82, 2.24) is 0 Å². The monoisotopic (exact) mass is 302 g/mol. The molecule has 2 heteroatoms. The minimum absolute atomic E-state index is 0. The number of hydrogen-bond donors (Lipinski definition) is 0. The summed E-state index contributed by atoms with van der Waals surface area (Å²) in [6.45, 7) is 6.68. The van der Waals surface area contributed by atoms with Gasteiger partial charge in [-0.05, 0) is 0 Å². The fraction of sp³-hybridized carbons (Fsp3) is 1.00. The van der Waals surface area contributed by atoms with Crippen LogP contribution in [0, 0.1) is 0 Å². The number of hydrogen-bond acceptors (Lipinski definition) is 0. The van der Waals surface area contributed by atoms with Crippen LogP contribution < -0.4 is 0 Å².